The third-order valence-corrected chi connectivity index (χ3v) is 4.96. The number of imidazole rings is 1. The summed E-state index contributed by atoms with van der Waals surface area (Å²) in [6.07, 6.45) is -3.33. The van der Waals surface area contributed by atoms with Crippen molar-refractivity contribution >= 4 is 11.0 Å². The Morgan fingerprint density at radius 1 is 0.933 bits per heavy atom. The Bertz CT molecular complexity index is 1230. The first-order chi connectivity index (χ1) is 14.0. The zero-order valence-electron chi connectivity index (χ0n) is 16.6. The number of nitrogens with zero attached hydrogens (tertiary/aromatic N) is 2. The number of benzene rings is 2. The lowest BCUT2D eigenvalue weighted by atomic mass is 9.87. The summed E-state index contributed by atoms with van der Waals surface area (Å²) < 4.78 is 54.7. The molecule has 2 aromatic heterocycles. The highest BCUT2D eigenvalue weighted by molar-refractivity contribution is 5.81. The number of pyridine rings is 1. The molecule has 0 radical (unpaired) electrons. The van der Waals surface area contributed by atoms with E-state index in [9.17, 15) is 17.6 Å². The van der Waals surface area contributed by atoms with Gasteiger partial charge in [0.15, 0.2) is 0 Å². The number of rotatable bonds is 2. The molecular weight excluding hydrogens is 394 g/mol. The van der Waals surface area contributed by atoms with Gasteiger partial charge in [-0.3, -0.25) is 4.98 Å². The number of alkyl halides is 3. The van der Waals surface area contributed by atoms with Crippen LogP contribution in [0.1, 0.15) is 31.9 Å². The van der Waals surface area contributed by atoms with Crippen LogP contribution in [0.25, 0.3) is 33.7 Å². The van der Waals surface area contributed by atoms with Crippen molar-refractivity contribution in [3.8, 4) is 22.6 Å². The van der Waals surface area contributed by atoms with Gasteiger partial charge in [-0.25, -0.2) is 9.37 Å². The van der Waals surface area contributed by atoms with Crippen LogP contribution < -0.4 is 0 Å². The van der Waals surface area contributed by atoms with Gasteiger partial charge in [-0.1, -0.05) is 32.9 Å². The quantitative estimate of drug-likeness (QED) is 0.370. The Kier molecular flexibility index (Phi) is 4.64. The van der Waals surface area contributed by atoms with Gasteiger partial charge in [-0.2, -0.15) is 13.2 Å². The number of hydrogen-bond acceptors (Lipinski definition) is 2. The monoisotopic (exact) mass is 413 g/mol. The second-order valence-electron chi connectivity index (χ2n) is 8.16. The molecule has 0 atom stereocenters. The van der Waals surface area contributed by atoms with Crippen molar-refractivity contribution in [2.24, 2.45) is 0 Å². The topological polar surface area (TPSA) is 41.6 Å². The molecule has 0 aliphatic carbocycles. The molecule has 0 bridgehead atoms. The van der Waals surface area contributed by atoms with Crippen molar-refractivity contribution < 1.29 is 17.6 Å². The molecule has 7 heteroatoms. The third kappa shape index (κ3) is 3.67. The second-order valence-corrected chi connectivity index (χ2v) is 8.16. The van der Waals surface area contributed by atoms with Crippen LogP contribution in [0.4, 0.5) is 17.6 Å². The molecule has 4 aromatic rings. The van der Waals surface area contributed by atoms with Gasteiger partial charge in [0.2, 0.25) is 0 Å². The molecule has 0 fully saturated rings. The van der Waals surface area contributed by atoms with Gasteiger partial charge in [0.1, 0.15) is 11.6 Å². The Morgan fingerprint density at radius 2 is 1.70 bits per heavy atom. The van der Waals surface area contributed by atoms with Crippen LogP contribution in [0.15, 0.2) is 54.7 Å². The lowest BCUT2D eigenvalue weighted by Crippen LogP contribution is -2.10. The fraction of sp³-hybridized carbons (Fsp3) is 0.217. The average molecular weight is 413 g/mol. The standard InChI is InChI=1S/C23H19F4N3/c1-22(2,3)14-7-9-18-19(12-14)30-21(29-18)15-8-6-13(11-17(15)24)20-16(23(25,26)27)5-4-10-28-20/h4-12H,1-3H3,(H,29,30). The molecule has 2 heterocycles. The summed E-state index contributed by atoms with van der Waals surface area (Å²) in [5.74, 6) is -0.362. The molecule has 154 valence electrons. The summed E-state index contributed by atoms with van der Waals surface area (Å²) in [6.45, 7) is 6.28. The Hall–Kier alpha value is -3.22. The highest BCUT2D eigenvalue weighted by Gasteiger charge is 2.34. The normalized spacial score (nSPS) is 12.5. The summed E-state index contributed by atoms with van der Waals surface area (Å²) in [4.78, 5) is 11.4. The van der Waals surface area contributed by atoms with E-state index in [-0.39, 0.29) is 22.2 Å². The summed E-state index contributed by atoms with van der Waals surface area (Å²) in [7, 11) is 0. The van der Waals surface area contributed by atoms with E-state index in [2.05, 4.69) is 35.7 Å². The maximum Gasteiger partial charge on any atom is 0.418 e. The van der Waals surface area contributed by atoms with Gasteiger partial charge >= 0.3 is 6.18 Å². The van der Waals surface area contributed by atoms with E-state index < -0.39 is 17.6 Å². The largest absolute Gasteiger partial charge is 0.418 e. The van der Waals surface area contributed by atoms with Crippen molar-refractivity contribution in [1.29, 1.82) is 0 Å². The van der Waals surface area contributed by atoms with Crippen LogP contribution in [0.2, 0.25) is 0 Å². The summed E-state index contributed by atoms with van der Waals surface area (Å²) >= 11 is 0. The fourth-order valence-corrected chi connectivity index (χ4v) is 3.32. The van der Waals surface area contributed by atoms with E-state index in [0.29, 0.717) is 11.3 Å². The van der Waals surface area contributed by atoms with Gasteiger partial charge in [0.05, 0.1) is 27.9 Å². The predicted molar refractivity (Wildman–Crippen MR) is 108 cm³/mol. The van der Waals surface area contributed by atoms with Gasteiger partial charge < -0.3 is 4.98 Å². The summed E-state index contributed by atoms with van der Waals surface area (Å²) in [6, 6.07) is 11.9. The Labute approximate surface area is 170 Å². The SMILES string of the molecule is CC(C)(C)c1ccc2nc(-c3ccc(-c4ncccc4C(F)(F)F)cc3F)[nH]c2c1. The number of H-pyrrole nitrogens is 1. The third-order valence-electron chi connectivity index (χ3n) is 4.96. The molecule has 0 unspecified atom stereocenters. The number of aromatic nitrogens is 3. The van der Waals surface area contributed by atoms with Crippen LogP contribution in [0, 0.1) is 5.82 Å². The molecule has 0 aliphatic rings. The summed E-state index contributed by atoms with van der Waals surface area (Å²) in [5, 5.41) is 0. The molecule has 0 saturated carbocycles. The summed E-state index contributed by atoms with van der Waals surface area (Å²) in [5.41, 5.74) is 1.52. The lowest BCUT2D eigenvalue weighted by Gasteiger charge is -2.18. The van der Waals surface area contributed by atoms with Crippen LogP contribution >= 0.6 is 0 Å². The lowest BCUT2D eigenvalue weighted by molar-refractivity contribution is -0.137. The van der Waals surface area contributed by atoms with Crippen molar-refractivity contribution in [1.82, 2.24) is 15.0 Å². The highest BCUT2D eigenvalue weighted by Crippen LogP contribution is 2.37. The maximum absolute atomic E-state index is 14.9. The molecule has 30 heavy (non-hydrogen) atoms. The van der Waals surface area contributed by atoms with Crippen LogP contribution in [0.3, 0.4) is 0 Å². The Balaban J connectivity index is 1.76. The van der Waals surface area contributed by atoms with Crippen molar-refractivity contribution in [2.45, 2.75) is 32.4 Å². The molecule has 0 saturated heterocycles. The smallest absolute Gasteiger partial charge is 0.338 e. The van der Waals surface area contributed by atoms with Crippen LogP contribution in [0.5, 0.6) is 0 Å². The molecule has 2 aromatic carbocycles. The van der Waals surface area contributed by atoms with Gasteiger partial charge in [0.25, 0.3) is 0 Å². The number of aromatic amines is 1. The molecule has 0 amide bonds. The van der Waals surface area contributed by atoms with Crippen molar-refractivity contribution in [3.63, 3.8) is 0 Å². The second kappa shape index (κ2) is 6.93. The molecular formula is C23H19F4N3. The average Bonchev–Trinajstić information content (AvgIpc) is 3.09. The first-order valence-electron chi connectivity index (χ1n) is 9.37. The van der Waals surface area contributed by atoms with E-state index in [1.807, 2.05) is 18.2 Å². The molecule has 1 N–H and O–H groups in total. The molecule has 0 spiro atoms. The van der Waals surface area contributed by atoms with Crippen molar-refractivity contribution in [3.05, 3.63) is 71.7 Å². The van der Waals surface area contributed by atoms with E-state index >= 15 is 0 Å². The highest BCUT2D eigenvalue weighted by atomic mass is 19.4. The maximum atomic E-state index is 14.9. The van der Waals surface area contributed by atoms with E-state index in [4.69, 9.17) is 0 Å². The molecule has 3 nitrogen and oxygen atoms in total. The zero-order valence-corrected chi connectivity index (χ0v) is 16.6. The number of fused-ring (bicyclic) bond motifs is 1. The van der Waals surface area contributed by atoms with Crippen LogP contribution in [-0.2, 0) is 11.6 Å². The van der Waals surface area contributed by atoms with Gasteiger partial charge in [-0.05, 0) is 47.4 Å². The minimum atomic E-state index is -4.58. The number of halogens is 4. The minimum absolute atomic E-state index is 0.0504. The van der Waals surface area contributed by atoms with Crippen molar-refractivity contribution in [2.75, 3.05) is 0 Å². The van der Waals surface area contributed by atoms with Gasteiger partial charge in [0, 0.05) is 11.8 Å². The minimum Gasteiger partial charge on any atom is -0.338 e. The van der Waals surface area contributed by atoms with Gasteiger partial charge in [-0.15, -0.1) is 0 Å². The van der Waals surface area contributed by atoms with E-state index in [1.165, 1.54) is 24.4 Å². The Morgan fingerprint density at radius 3 is 2.37 bits per heavy atom. The number of nitrogens with one attached hydrogen (secondary N) is 1. The van der Waals surface area contributed by atoms with E-state index in [0.717, 1.165) is 23.2 Å². The number of hydrogen-bond donors (Lipinski definition) is 1. The molecule has 4 rings (SSSR count). The fourth-order valence-electron chi connectivity index (χ4n) is 3.32. The predicted octanol–water partition coefficient (Wildman–Crippen LogP) is 6.75. The zero-order chi connectivity index (χ0) is 21.7. The van der Waals surface area contributed by atoms with E-state index in [1.54, 1.807) is 0 Å². The first-order valence-corrected chi connectivity index (χ1v) is 9.37. The first kappa shape index (κ1) is 20.1. The molecule has 0 aliphatic heterocycles. The van der Waals surface area contributed by atoms with Crippen LogP contribution in [-0.4, -0.2) is 15.0 Å².